The molecule has 2 bridgehead atoms. The van der Waals surface area contributed by atoms with Crippen molar-refractivity contribution < 1.29 is 9.84 Å². The summed E-state index contributed by atoms with van der Waals surface area (Å²) in [5.74, 6) is 0.435. The molecule has 1 N–H and O–H groups in total. The Labute approximate surface area is 147 Å². The van der Waals surface area contributed by atoms with Crippen LogP contribution in [0.2, 0.25) is 0 Å². The maximum absolute atomic E-state index is 11.7. The van der Waals surface area contributed by atoms with Crippen molar-refractivity contribution in [3.8, 4) is 0 Å². The Morgan fingerprint density at radius 3 is 2.52 bits per heavy atom. The summed E-state index contributed by atoms with van der Waals surface area (Å²) in [6.45, 7) is 0. The van der Waals surface area contributed by atoms with Crippen LogP contribution in [0.3, 0.4) is 0 Å². The summed E-state index contributed by atoms with van der Waals surface area (Å²) in [6.07, 6.45) is 7.00. The van der Waals surface area contributed by atoms with E-state index >= 15 is 0 Å². The van der Waals surface area contributed by atoms with Crippen LogP contribution >= 0.6 is 0 Å². The van der Waals surface area contributed by atoms with Gasteiger partial charge in [0, 0.05) is 7.11 Å². The highest BCUT2D eigenvalue weighted by atomic mass is 16.5. The number of aliphatic hydroxyl groups is 1. The van der Waals surface area contributed by atoms with Gasteiger partial charge >= 0.3 is 0 Å². The molecule has 0 radical (unpaired) electrons. The molecule has 1 saturated carbocycles. The smallest absolute Gasteiger partial charge is 0.123 e. The molecule has 0 heterocycles. The minimum atomic E-state index is -0.968. The first-order chi connectivity index (χ1) is 12.2. The fraction of sp³-hybridized carbons (Fsp3) is 0.304. The Hall–Kier alpha value is -2.16. The van der Waals surface area contributed by atoms with Crippen LogP contribution in [0.1, 0.15) is 24.8 Å². The minimum Gasteiger partial charge on any atom is -0.382 e. The van der Waals surface area contributed by atoms with Crippen molar-refractivity contribution in [3.05, 3.63) is 72.3 Å². The first kappa shape index (κ1) is 15.1. The average Bonchev–Trinajstić information content (AvgIpc) is 2.68. The largest absolute Gasteiger partial charge is 0.382 e. The molecule has 0 saturated heterocycles. The number of ether oxygens (including phenoxy) is 1. The molecule has 3 aliphatic rings. The van der Waals surface area contributed by atoms with E-state index in [1.165, 1.54) is 21.5 Å². The van der Waals surface area contributed by atoms with E-state index in [9.17, 15) is 5.11 Å². The van der Waals surface area contributed by atoms with E-state index < -0.39 is 11.2 Å². The zero-order chi connectivity index (χ0) is 17.1. The maximum Gasteiger partial charge on any atom is 0.123 e. The van der Waals surface area contributed by atoms with Gasteiger partial charge in [-0.15, -0.1) is 0 Å². The van der Waals surface area contributed by atoms with Crippen molar-refractivity contribution in [1.29, 1.82) is 0 Å². The van der Waals surface area contributed by atoms with E-state index in [1.807, 2.05) is 0 Å². The lowest BCUT2D eigenvalue weighted by Gasteiger charge is -2.53. The molecule has 0 aromatic heterocycles. The van der Waals surface area contributed by atoms with Gasteiger partial charge in [-0.2, -0.15) is 0 Å². The van der Waals surface area contributed by atoms with E-state index in [0.29, 0.717) is 5.92 Å². The fourth-order valence-corrected chi connectivity index (χ4v) is 4.90. The van der Waals surface area contributed by atoms with Crippen LogP contribution in [0.15, 0.2) is 66.7 Å². The molecule has 3 aromatic rings. The molecule has 1 fully saturated rings. The standard InChI is InChI=1S/C23H22O2/c1-25-22-12-10-16(11-13-22)15-23(22,24)19-9-8-18-7-6-17-4-2-3-5-20(17)21(18)14-19/h2-10,12,14,16,24H,11,13,15H2,1H3/t16-,22-,23-/m0/s1. The normalized spacial score (nSPS) is 31.0. The van der Waals surface area contributed by atoms with Gasteiger partial charge in [0.25, 0.3) is 0 Å². The quantitative estimate of drug-likeness (QED) is 0.533. The molecule has 0 spiro atoms. The van der Waals surface area contributed by atoms with Crippen LogP contribution in [0.5, 0.6) is 0 Å². The number of hydrogen-bond donors (Lipinski definition) is 1. The van der Waals surface area contributed by atoms with Crippen LogP contribution in [-0.2, 0) is 10.3 Å². The van der Waals surface area contributed by atoms with Gasteiger partial charge in [-0.1, -0.05) is 60.7 Å². The van der Waals surface area contributed by atoms with Crippen molar-refractivity contribution in [2.45, 2.75) is 30.5 Å². The highest BCUT2D eigenvalue weighted by Crippen LogP contribution is 2.53. The molecule has 0 aliphatic heterocycles. The predicted molar refractivity (Wildman–Crippen MR) is 102 cm³/mol. The third-order valence-corrected chi connectivity index (χ3v) is 6.37. The first-order valence-corrected chi connectivity index (χ1v) is 9.04. The predicted octanol–water partition coefficient (Wildman–Crippen LogP) is 4.94. The summed E-state index contributed by atoms with van der Waals surface area (Å²) in [5.41, 5.74) is -0.614. The summed E-state index contributed by atoms with van der Waals surface area (Å²) in [7, 11) is 1.72. The van der Waals surface area contributed by atoms with Gasteiger partial charge in [0.15, 0.2) is 0 Å². The summed E-state index contributed by atoms with van der Waals surface area (Å²) < 4.78 is 5.90. The monoisotopic (exact) mass is 330 g/mol. The van der Waals surface area contributed by atoms with Gasteiger partial charge in [0.05, 0.1) is 0 Å². The first-order valence-electron chi connectivity index (χ1n) is 9.04. The van der Waals surface area contributed by atoms with E-state index in [2.05, 4.69) is 66.7 Å². The summed E-state index contributed by atoms with van der Waals surface area (Å²) in [6, 6.07) is 19.1. The molecular formula is C23H22O2. The number of methoxy groups -OCH3 is 1. The third-order valence-electron chi connectivity index (χ3n) is 6.37. The zero-order valence-electron chi connectivity index (χ0n) is 14.4. The van der Waals surface area contributed by atoms with Crippen molar-refractivity contribution in [1.82, 2.24) is 0 Å². The van der Waals surface area contributed by atoms with Gasteiger partial charge in [0.1, 0.15) is 11.2 Å². The SMILES string of the molecule is CO[C@@]12C=C[C@@H](CC1)C[C@]2(O)c1ccc2ccc3ccccc3c2c1. The Morgan fingerprint density at radius 2 is 1.76 bits per heavy atom. The second-order valence-corrected chi connectivity index (χ2v) is 7.54. The lowest BCUT2D eigenvalue weighted by Crippen LogP contribution is -2.57. The highest BCUT2D eigenvalue weighted by Gasteiger charge is 2.56. The van der Waals surface area contributed by atoms with E-state index in [4.69, 9.17) is 4.74 Å². The third kappa shape index (κ3) is 1.98. The summed E-state index contributed by atoms with van der Waals surface area (Å²) in [4.78, 5) is 0. The molecule has 3 aliphatic carbocycles. The second kappa shape index (κ2) is 5.17. The number of benzene rings is 3. The highest BCUT2D eigenvalue weighted by molar-refractivity contribution is 6.07. The second-order valence-electron chi connectivity index (χ2n) is 7.54. The number of rotatable bonds is 2. The van der Waals surface area contributed by atoms with Crippen molar-refractivity contribution in [3.63, 3.8) is 0 Å². The van der Waals surface area contributed by atoms with Gasteiger partial charge in [0.2, 0.25) is 0 Å². The van der Waals surface area contributed by atoms with Gasteiger partial charge in [-0.25, -0.2) is 0 Å². The molecule has 0 amide bonds. The van der Waals surface area contributed by atoms with Crippen LogP contribution in [-0.4, -0.2) is 17.8 Å². The molecule has 25 heavy (non-hydrogen) atoms. The molecule has 6 rings (SSSR count). The Balaban J connectivity index is 1.75. The molecule has 2 heteroatoms. The lowest BCUT2D eigenvalue weighted by molar-refractivity contribution is -0.185. The summed E-state index contributed by atoms with van der Waals surface area (Å²) in [5, 5.41) is 16.6. The molecule has 3 aromatic carbocycles. The van der Waals surface area contributed by atoms with Crippen molar-refractivity contribution >= 4 is 21.5 Å². The Kier molecular flexibility index (Phi) is 3.13. The van der Waals surface area contributed by atoms with Crippen LogP contribution in [0.4, 0.5) is 0 Å². The van der Waals surface area contributed by atoms with Crippen LogP contribution in [0, 0.1) is 5.92 Å². The summed E-state index contributed by atoms with van der Waals surface area (Å²) >= 11 is 0. The van der Waals surface area contributed by atoms with Gasteiger partial charge in [-0.3, -0.25) is 0 Å². The van der Waals surface area contributed by atoms with Crippen LogP contribution < -0.4 is 0 Å². The van der Waals surface area contributed by atoms with Gasteiger partial charge < -0.3 is 9.84 Å². The maximum atomic E-state index is 11.7. The average molecular weight is 330 g/mol. The Bertz CT molecular complexity index is 1010. The topological polar surface area (TPSA) is 29.5 Å². The van der Waals surface area contributed by atoms with Crippen molar-refractivity contribution in [2.24, 2.45) is 5.92 Å². The molecule has 0 unspecified atom stereocenters. The molecule has 126 valence electrons. The molecule has 3 atom stereocenters. The minimum absolute atomic E-state index is 0.435. The van der Waals surface area contributed by atoms with Gasteiger partial charge in [-0.05, 0) is 58.4 Å². The van der Waals surface area contributed by atoms with Crippen molar-refractivity contribution in [2.75, 3.05) is 7.11 Å². The van der Waals surface area contributed by atoms with E-state index in [-0.39, 0.29) is 0 Å². The fourth-order valence-electron chi connectivity index (χ4n) is 4.90. The van der Waals surface area contributed by atoms with E-state index in [0.717, 1.165) is 24.8 Å². The number of fused-ring (bicyclic) bond motifs is 5. The zero-order valence-corrected chi connectivity index (χ0v) is 14.4. The Morgan fingerprint density at radius 1 is 1.00 bits per heavy atom. The molecular weight excluding hydrogens is 308 g/mol. The van der Waals surface area contributed by atoms with E-state index in [1.54, 1.807) is 7.11 Å². The number of hydrogen-bond acceptors (Lipinski definition) is 2. The molecule has 2 nitrogen and oxygen atoms in total. The van der Waals surface area contributed by atoms with Crippen LogP contribution in [0.25, 0.3) is 21.5 Å². The number of allylic oxidation sites excluding steroid dienone is 1. The lowest BCUT2D eigenvalue weighted by atomic mass is 9.60.